The van der Waals surface area contributed by atoms with Crippen LogP contribution in [0, 0.1) is 5.82 Å². The van der Waals surface area contributed by atoms with Crippen molar-refractivity contribution in [2.24, 2.45) is 0 Å². The third kappa shape index (κ3) is 3.56. The number of carbonyl (C=O) groups is 1. The maximum Gasteiger partial charge on any atom is 0.336 e. The summed E-state index contributed by atoms with van der Waals surface area (Å²) in [4.78, 5) is 10.8. The quantitative estimate of drug-likeness (QED) is 0.644. The van der Waals surface area contributed by atoms with E-state index in [1.165, 1.54) is 12.1 Å². The number of hydrogen-bond acceptors (Lipinski definition) is 2. The highest BCUT2D eigenvalue weighted by Gasteiger charge is 2.15. The Morgan fingerprint density at radius 1 is 1.59 bits per heavy atom. The molecule has 0 radical (unpaired) electrons. The van der Waals surface area contributed by atoms with E-state index in [1.807, 2.05) is 19.1 Å². The number of nitrogens with one attached hydrogen (secondary N) is 1. The standard InChI is InChI=1S/C12H13BrFNO2/c1-2-3-4-7-15-9-6-5-8(12(16)17)10(13)11(9)14/h2-3,5-6,15H,4,7H2,1H3,(H,16,17)/b3-2+. The van der Waals surface area contributed by atoms with Crippen molar-refractivity contribution in [2.75, 3.05) is 11.9 Å². The fourth-order valence-electron chi connectivity index (χ4n) is 1.31. The fraction of sp³-hybridized carbons (Fsp3) is 0.250. The molecule has 1 aromatic rings. The number of aromatic carboxylic acids is 1. The second-order valence-electron chi connectivity index (χ2n) is 3.38. The normalized spacial score (nSPS) is 10.8. The van der Waals surface area contributed by atoms with Crippen LogP contribution in [0.4, 0.5) is 10.1 Å². The van der Waals surface area contributed by atoms with E-state index in [9.17, 15) is 9.18 Å². The lowest BCUT2D eigenvalue weighted by molar-refractivity contribution is 0.0695. The SMILES string of the molecule is C/C=C/CCNc1ccc(C(=O)O)c(Br)c1F. The zero-order valence-electron chi connectivity index (χ0n) is 9.34. The van der Waals surface area contributed by atoms with Crippen molar-refractivity contribution in [1.82, 2.24) is 0 Å². The Labute approximate surface area is 107 Å². The van der Waals surface area contributed by atoms with Gasteiger partial charge in [0.1, 0.15) is 0 Å². The van der Waals surface area contributed by atoms with E-state index in [1.54, 1.807) is 0 Å². The minimum atomic E-state index is -1.16. The van der Waals surface area contributed by atoms with Crippen LogP contribution in [-0.4, -0.2) is 17.6 Å². The number of carboxylic acid groups (broad SMARTS) is 1. The van der Waals surface area contributed by atoms with Gasteiger partial charge in [0, 0.05) is 6.54 Å². The summed E-state index contributed by atoms with van der Waals surface area (Å²) >= 11 is 2.94. The summed E-state index contributed by atoms with van der Waals surface area (Å²) < 4.78 is 13.7. The third-order valence-corrected chi connectivity index (χ3v) is 2.95. The number of anilines is 1. The van der Waals surface area contributed by atoms with Crippen molar-refractivity contribution >= 4 is 27.6 Å². The Hall–Kier alpha value is -1.36. The van der Waals surface area contributed by atoms with Gasteiger partial charge in [0.05, 0.1) is 15.7 Å². The Bertz CT molecular complexity index is 446. The van der Waals surface area contributed by atoms with Gasteiger partial charge < -0.3 is 10.4 Å². The Morgan fingerprint density at radius 2 is 2.29 bits per heavy atom. The monoisotopic (exact) mass is 301 g/mol. The van der Waals surface area contributed by atoms with Gasteiger partial charge in [-0.3, -0.25) is 0 Å². The maximum absolute atomic E-state index is 13.7. The summed E-state index contributed by atoms with van der Waals surface area (Å²) in [5, 5.41) is 11.7. The molecule has 17 heavy (non-hydrogen) atoms. The summed E-state index contributed by atoms with van der Waals surface area (Å²) in [6.45, 7) is 2.51. The van der Waals surface area contributed by atoms with Crippen LogP contribution < -0.4 is 5.32 Å². The molecule has 0 spiro atoms. The van der Waals surface area contributed by atoms with Crippen LogP contribution in [0.1, 0.15) is 23.7 Å². The lowest BCUT2D eigenvalue weighted by Crippen LogP contribution is -2.06. The molecule has 0 aliphatic heterocycles. The van der Waals surface area contributed by atoms with E-state index in [-0.39, 0.29) is 10.0 Å². The number of rotatable bonds is 5. The molecule has 5 heteroatoms. The van der Waals surface area contributed by atoms with E-state index in [4.69, 9.17) is 5.11 Å². The average molecular weight is 302 g/mol. The van der Waals surface area contributed by atoms with Crippen molar-refractivity contribution in [1.29, 1.82) is 0 Å². The van der Waals surface area contributed by atoms with Crippen LogP contribution in [0.15, 0.2) is 28.8 Å². The number of benzene rings is 1. The molecule has 0 saturated heterocycles. The maximum atomic E-state index is 13.7. The minimum absolute atomic E-state index is 0.0268. The highest BCUT2D eigenvalue weighted by atomic mass is 79.9. The minimum Gasteiger partial charge on any atom is -0.478 e. The number of allylic oxidation sites excluding steroid dienone is 1. The van der Waals surface area contributed by atoms with E-state index < -0.39 is 11.8 Å². The van der Waals surface area contributed by atoms with Crippen molar-refractivity contribution in [3.05, 3.63) is 40.1 Å². The first-order chi connectivity index (χ1) is 8.07. The topological polar surface area (TPSA) is 49.3 Å². The zero-order valence-corrected chi connectivity index (χ0v) is 10.9. The van der Waals surface area contributed by atoms with E-state index in [0.717, 1.165) is 6.42 Å². The largest absolute Gasteiger partial charge is 0.478 e. The summed E-state index contributed by atoms with van der Waals surface area (Å²) in [6, 6.07) is 2.80. The predicted molar refractivity (Wildman–Crippen MR) is 69.0 cm³/mol. The Morgan fingerprint density at radius 3 is 2.88 bits per heavy atom. The van der Waals surface area contributed by atoms with Crippen molar-refractivity contribution < 1.29 is 14.3 Å². The van der Waals surface area contributed by atoms with E-state index >= 15 is 0 Å². The summed E-state index contributed by atoms with van der Waals surface area (Å²) in [6.07, 6.45) is 4.67. The molecule has 0 amide bonds. The third-order valence-electron chi connectivity index (χ3n) is 2.17. The molecule has 1 rings (SSSR count). The molecule has 0 aliphatic rings. The van der Waals surface area contributed by atoms with Gasteiger partial charge in [0.2, 0.25) is 0 Å². The van der Waals surface area contributed by atoms with Crippen LogP contribution in [0.2, 0.25) is 0 Å². The number of carboxylic acids is 1. The van der Waals surface area contributed by atoms with Gasteiger partial charge >= 0.3 is 5.97 Å². The molecule has 0 aliphatic carbocycles. The lowest BCUT2D eigenvalue weighted by Gasteiger charge is -2.09. The molecular weight excluding hydrogens is 289 g/mol. The smallest absolute Gasteiger partial charge is 0.336 e. The van der Waals surface area contributed by atoms with Gasteiger partial charge in [-0.1, -0.05) is 12.2 Å². The Balaban J connectivity index is 2.82. The molecule has 0 fully saturated rings. The average Bonchev–Trinajstić information content (AvgIpc) is 2.29. The molecule has 0 unspecified atom stereocenters. The second-order valence-corrected chi connectivity index (χ2v) is 4.17. The molecule has 3 nitrogen and oxygen atoms in total. The molecular formula is C12H13BrFNO2. The molecule has 2 N–H and O–H groups in total. The lowest BCUT2D eigenvalue weighted by atomic mass is 10.2. The first kappa shape index (κ1) is 13.7. The number of halogens is 2. The first-order valence-electron chi connectivity index (χ1n) is 5.14. The van der Waals surface area contributed by atoms with Crippen LogP contribution in [0.25, 0.3) is 0 Å². The van der Waals surface area contributed by atoms with Gasteiger partial charge in [-0.05, 0) is 41.4 Å². The van der Waals surface area contributed by atoms with Crippen molar-refractivity contribution in [3.8, 4) is 0 Å². The van der Waals surface area contributed by atoms with Gasteiger partial charge in [0.25, 0.3) is 0 Å². The van der Waals surface area contributed by atoms with Crippen LogP contribution in [0.3, 0.4) is 0 Å². The molecule has 0 bridgehead atoms. The van der Waals surface area contributed by atoms with Crippen LogP contribution >= 0.6 is 15.9 Å². The van der Waals surface area contributed by atoms with Gasteiger partial charge in [-0.15, -0.1) is 0 Å². The highest BCUT2D eigenvalue weighted by molar-refractivity contribution is 9.10. The summed E-state index contributed by atoms with van der Waals surface area (Å²) in [5.74, 6) is -1.73. The summed E-state index contributed by atoms with van der Waals surface area (Å²) in [5.41, 5.74) is 0.216. The first-order valence-corrected chi connectivity index (χ1v) is 5.93. The number of hydrogen-bond donors (Lipinski definition) is 2. The zero-order chi connectivity index (χ0) is 12.8. The molecule has 0 heterocycles. The Kier molecular flexibility index (Phi) is 5.15. The molecule has 0 saturated carbocycles. The van der Waals surface area contributed by atoms with Crippen LogP contribution in [0.5, 0.6) is 0 Å². The molecule has 0 aromatic heterocycles. The highest BCUT2D eigenvalue weighted by Crippen LogP contribution is 2.27. The van der Waals surface area contributed by atoms with Crippen molar-refractivity contribution in [3.63, 3.8) is 0 Å². The second kappa shape index (κ2) is 6.39. The molecule has 92 valence electrons. The molecule has 1 aromatic carbocycles. The molecule has 0 atom stereocenters. The van der Waals surface area contributed by atoms with E-state index in [0.29, 0.717) is 12.2 Å². The van der Waals surface area contributed by atoms with Gasteiger partial charge in [-0.25, -0.2) is 9.18 Å². The van der Waals surface area contributed by atoms with E-state index in [2.05, 4.69) is 21.2 Å². The van der Waals surface area contributed by atoms with Crippen molar-refractivity contribution in [2.45, 2.75) is 13.3 Å². The van der Waals surface area contributed by atoms with Crippen LogP contribution in [-0.2, 0) is 0 Å². The fourth-order valence-corrected chi connectivity index (χ4v) is 1.82. The van der Waals surface area contributed by atoms with Gasteiger partial charge in [0.15, 0.2) is 5.82 Å². The predicted octanol–water partition coefficient (Wildman–Crippen LogP) is 3.66. The van der Waals surface area contributed by atoms with Gasteiger partial charge in [-0.2, -0.15) is 0 Å². The summed E-state index contributed by atoms with van der Waals surface area (Å²) in [7, 11) is 0.